The smallest absolute Gasteiger partial charge is 0.0931 e. The van der Waals surface area contributed by atoms with Crippen LogP contribution in [-0.4, -0.2) is 11.8 Å². The molecule has 2 N–H and O–H groups in total. The summed E-state index contributed by atoms with van der Waals surface area (Å²) >= 11 is 9.43. The van der Waals surface area contributed by atoms with Gasteiger partial charge in [0.15, 0.2) is 0 Å². The zero-order valence-corrected chi connectivity index (χ0v) is 10.0. The highest BCUT2D eigenvalue weighted by Gasteiger charge is 2.03. The third-order valence-corrected chi connectivity index (χ3v) is 4.41. The maximum absolute atomic E-state index is 5.83. The minimum Gasteiger partial charge on any atom is -0.330 e. The van der Waals surface area contributed by atoms with Crippen LogP contribution in [-0.2, 0) is 5.75 Å². The lowest BCUT2D eigenvalue weighted by Crippen LogP contribution is -2.06. The molecule has 0 radical (unpaired) electrons. The minimum atomic E-state index is 0.644. The van der Waals surface area contributed by atoms with Crippen LogP contribution >= 0.6 is 34.7 Å². The molecule has 1 nitrogen and oxygen atoms in total. The highest BCUT2D eigenvalue weighted by atomic mass is 35.5. The second kappa shape index (κ2) is 5.91. The van der Waals surface area contributed by atoms with Gasteiger partial charge in [-0.2, -0.15) is 11.8 Å². The summed E-state index contributed by atoms with van der Waals surface area (Å²) in [6.07, 6.45) is 1.09. The summed E-state index contributed by atoms with van der Waals surface area (Å²) in [5.74, 6) is 1.05. The predicted molar refractivity (Wildman–Crippen MR) is 63.8 cm³/mol. The normalized spacial score (nSPS) is 13.2. The van der Waals surface area contributed by atoms with Gasteiger partial charge in [-0.15, -0.1) is 11.3 Å². The Morgan fingerprint density at radius 3 is 2.92 bits per heavy atom. The van der Waals surface area contributed by atoms with E-state index in [1.165, 1.54) is 4.88 Å². The van der Waals surface area contributed by atoms with Crippen LogP contribution in [0.5, 0.6) is 0 Å². The van der Waals surface area contributed by atoms with E-state index in [1.807, 2.05) is 17.8 Å². The first-order valence-corrected chi connectivity index (χ1v) is 6.52. The molecule has 0 saturated heterocycles. The lowest BCUT2D eigenvalue weighted by atomic mass is 10.3. The van der Waals surface area contributed by atoms with Gasteiger partial charge in [0.05, 0.1) is 4.34 Å². The number of rotatable bonds is 5. The van der Waals surface area contributed by atoms with Crippen LogP contribution in [0.2, 0.25) is 4.34 Å². The lowest BCUT2D eigenvalue weighted by Gasteiger charge is -2.07. The Hall–Kier alpha value is 0.300. The van der Waals surface area contributed by atoms with Crippen molar-refractivity contribution in [2.75, 3.05) is 6.54 Å². The standard InChI is InChI=1S/C9H14ClNS2/c1-7(4-5-11)12-6-8-2-3-9(10)13-8/h2-3,7H,4-6,11H2,1H3. The number of nitrogens with two attached hydrogens (primary N) is 1. The van der Waals surface area contributed by atoms with E-state index in [9.17, 15) is 0 Å². The van der Waals surface area contributed by atoms with Crippen molar-refractivity contribution in [3.05, 3.63) is 21.3 Å². The molecule has 1 aromatic rings. The molecule has 4 heteroatoms. The van der Waals surface area contributed by atoms with Crippen molar-refractivity contribution in [1.82, 2.24) is 0 Å². The van der Waals surface area contributed by atoms with Crippen LogP contribution in [0, 0.1) is 0 Å². The van der Waals surface area contributed by atoms with Crippen molar-refractivity contribution >= 4 is 34.7 Å². The zero-order valence-electron chi connectivity index (χ0n) is 7.63. The molecule has 1 rings (SSSR count). The van der Waals surface area contributed by atoms with Crippen LogP contribution in [0.15, 0.2) is 12.1 Å². The summed E-state index contributed by atoms with van der Waals surface area (Å²) in [6.45, 7) is 2.99. The predicted octanol–water partition coefficient (Wildman–Crippen LogP) is 3.37. The van der Waals surface area contributed by atoms with Gasteiger partial charge in [0, 0.05) is 15.9 Å². The molecule has 0 saturated carbocycles. The summed E-state index contributed by atoms with van der Waals surface area (Å²) in [5, 5.41) is 0.644. The number of halogens is 1. The number of thioether (sulfide) groups is 1. The van der Waals surface area contributed by atoms with Crippen LogP contribution in [0.25, 0.3) is 0 Å². The molecule has 0 fully saturated rings. The Morgan fingerprint density at radius 1 is 1.62 bits per heavy atom. The molecule has 1 unspecified atom stereocenters. The van der Waals surface area contributed by atoms with Gasteiger partial charge in [-0.25, -0.2) is 0 Å². The summed E-state index contributed by atoms with van der Waals surface area (Å²) in [6, 6.07) is 4.05. The van der Waals surface area contributed by atoms with Gasteiger partial charge in [-0.05, 0) is 25.1 Å². The molecule has 0 aliphatic heterocycles. The molecule has 0 spiro atoms. The molecule has 1 atom stereocenters. The molecule has 13 heavy (non-hydrogen) atoms. The molecule has 0 amide bonds. The van der Waals surface area contributed by atoms with E-state index in [1.54, 1.807) is 11.3 Å². The van der Waals surface area contributed by atoms with Gasteiger partial charge in [0.2, 0.25) is 0 Å². The molecule has 1 aromatic heterocycles. The van der Waals surface area contributed by atoms with Crippen molar-refractivity contribution in [3.8, 4) is 0 Å². The highest BCUT2D eigenvalue weighted by Crippen LogP contribution is 2.27. The summed E-state index contributed by atoms with van der Waals surface area (Å²) in [4.78, 5) is 1.35. The van der Waals surface area contributed by atoms with Crippen molar-refractivity contribution < 1.29 is 0 Å². The maximum Gasteiger partial charge on any atom is 0.0931 e. The van der Waals surface area contributed by atoms with E-state index in [2.05, 4.69) is 13.0 Å². The Balaban J connectivity index is 2.26. The molecule has 1 heterocycles. The van der Waals surface area contributed by atoms with Gasteiger partial charge in [-0.1, -0.05) is 18.5 Å². The van der Waals surface area contributed by atoms with Crippen molar-refractivity contribution in [2.24, 2.45) is 5.73 Å². The third-order valence-electron chi connectivity index (χ3n) is 1.71. The summed E-state index contributed by atoms with van der Waals surface area (Å²) in [5.41, 5.74) is 5.47. The fourth-order valence-electron chi connectivity index (χ4n) is 0.972. The summed E-state index contributed by atoms with van der Waals surface area (Å²) < 4.78 is 0.877. The first kappa shape index (κ1) is 11.4. The van der Waals surface area contributed by atoms with E-state index >= 15 is 0 Å². The Kier molecular flexibility index (Phi) is 5.17. The lowest BCUT2D eigenvalue weighted by molar-refractivity contribution is 0.823. The van der Waals surface area contributed by atoms with Gasteiger partial charge >= 0.3 is 0 Å². The van der Waals surface area contributed by atoms with Gasteiger partial charge in [0.25, 0.3) is 0 Å². The number of hydrogen-bond acceptors (Lipinski definition) is 3. The highest BCUT2D eigenvalue weighted by molar-refractivity contribution is 7.99. The Labute approximate surface area is 92.7 Å². The maximum atomic E-state index is 5.83. The molecule has 0 aromatic carbocycles. The monoisotopic (exact) mass is 235 g/mol. The molecule has 0 aliphatic carbocycles. The fourth-order valence-corrected chi connectivity index (χ4v) is 3.14. The van der Waals surface area contributed by atoms with Crippen LogP contribution in [0.1, 0.15) is 18.2 Å². The molecule has 0 aliphatic rings. The van der Waals surface area contributed by atoms with Crippen LogP contribution < -0.4 is 5.73 Å². The van der Waals surface area contributed by atoms with Crippen LogP contribution in [0.3, 0.4) is 0 Å². The minimum absolute atomic E-state index is 0.644. The first-order chi connectivity index (χ1) is 6.22. The third kappa shape index (κ3) is 4.36. The van der Waals surface area contributed by atoms with Crippen molar-refractivity contribution in [3.63, 3.8) is 0 Å². The van der Waals surface area contributed by atoms with Crippen molar-refractivity contribution in [1.29, 1.82) is 0 Å². The Morgan fingerprint density at radius 2 is 2.38 bits per heavy atom. The topological polar surface area (TPSA) is 26.0 Å². The molecular formula is C9H14ClNS2. The average Bonchev–Trinajstić information content (AvgIpc) is 2.49. The van der Waals surface area contributed by atoms with E-state index < -0.39 is 0 Å². The van der Waals surface area contributed by atoms with Gasteiger partial charge in [0.1, 0.15) is 0 Å². The fraction of sp³-hybridized carbons (Fsp3) is 0.556. The van der Waals surface area contributed by atoms with Gasteiger partial charge < -0.3 is 5.73 Å². The van der Waals surface area contributed by atoms with Gasteiger partial charge in [-0.3, -0.25) is 0 Å². The van der Waals surface area contributed by atoms with E-state index in [0.717, 1.165) is 23.1 Å². The van der Waals surface area contributed by atoms with Crippen LogP contribution in [0.4, 0.5) is 0 Å². The van der Waals surface area contributed by atoms with E-state index in [-0.39, 0.29) is 0 Å². The SMILES string of the molecule is CC(CCN)SCc1ccc(Cl)s1. The second-order valence-corrected chi connectivity index (χ2v) is 6.13. The molecule has 0 bridgehead atoms. The van der Waals surface area contributed by atoms with E-state index in [4.69, 9.17) is 17.3 Å². The Bertz CT molecular complexity index is 250. The zero-order chi connectivity index (χ0) is 9.68. The number of thiophene rings is 1. The number of hydrogen-bond donors (Lipinski definition) is 1. The average molecular weight is 236 g/mol. The first-order valence-electron chi connectivity index (χ1n) is 4.28. The summed E-state index contributed by atoms with van der Waals surface area (Å²) in [7, 11) is 0. The largest absolute Gasteiger partial charge is 0.330 e. The molecule has 74 valence electrons. The quantitative estimate of drug-likeness (QED) is 0.847. The van der Waals surface area contributed by atoms with Crippen molar-refractivity contribution in [2.45, 2.75) is 24.3 Å². The second-order valence-electron chi connectivity index (χ2n) is 2.90. The van der Waals surface area contributed by atoms with E-state index in [0.29, 0.717) is 5.25 Å². The molecular weight excluding hydrogens is 222 g/mol.